The van der Waals surface area contributed by atoms with E-state index in [1.54, 1.807) is 7.11 Å². The van der Waals surface area contributed by atoms with E-state index in [1.165, 1.54) is 5.56 Å². The second-order valence-electron chi connectivity index (χ2n) is 7.80. The van der Waals surface area contributed by atoms with Gasteiger partial charge >= 0.3 is 0 Å². The van der Waals surface area contributed by atoms with Gasteiger partial charge in [-0.05, 0) is 24.5 Å². The van der Waals surface area contributed by atoms with Crippen LogP contribution in [0, 0.1) is 0 Å². The molecule has 2 unspecified atom stereocenters. The number of hydrogen-bond donors (Lipinski definition) is 1. The van der Waals surface area contributed by atoms with E-state index in [4.69, 9.17) is 4.74 Å². The van der Waals surface area contributed by atoms with Crippen molar-refractivity contribution in [3.05, 3.63) is 65.7 Å². The van der Waals surface area contributed by atoms with Gasteiger partial charge < -0.3 is 10.1 Å². The van der Waals surface area contributed by atoms with Crippen LogP contribution < -0.4 is 10.1 Å². The second-order valence-corrected chi connectivity index (χ2v) is 7.80. The molecule has 2 heterocycles. The summed E-state index contributed by atoms with van der Waals surface area (Å²) in [4.78, 5) is 17.3. The molecule has 2 saturated heterocycles. The van der Waals surface area contributed by atoms with E-state index in [1.807, 2.05) is 18.2 Å². The highest BCUT2D eigenvalue weighted by Gasteiger charge is 2.41. The smallest absolute Gasteiger partial charge is 0.238 e. The minimum Gasteiger partial charge on any atom is -0.496 e. The first kappa shape index (κ1) is 19.0. The zero-order valence-corrected chi connectivity index (χ0v) is 16.5. The van der Waals surface area contributed by atoms with Gasteiger partial charge in [-0.1, -0.05) is 48.5 Å². The molecule has 2 aromatic carbocycles. The fourth-order valence-corrected chi connectivity index (χ4v) is 4.03. The largest absolute Gasteiger partial charge is 0.496 e. The zero-order valence-electron chi connectivity index (χ0n) is 16.5. The average Bonchev–Trinajstić information content (AvgIpc) is 3.50. The van der Waals surface area contributed by atoms with Crippen molar-refractivity contribution in [2.24, 2.45) is 0 Å². The van der Waals surface area contributed by atoms with Crippen LogP contribution in [0.25, 0.3) is 0 Å². The number of carbonyl (C=O) groups is 1. The van der Waals surface area contributed by atoms with Crippen LogP contribution in [0.5, 0.6) is 5.75 Å². The molecule has 2 aliphatic heterocycles. The number of nitrogens with zero attached hydrogens (tertiary/aromatic N) is 2. The number of nitrogens with one attached hydrogen (secondary N) is 1. The molecule has 0 aliphatic carbocycles. The van der Waals surface area contributed by atoms with Gasteiger partial charge in [-0.3, -0.25) is 14.6 Å². The molecule has 0 radical (unpaired) electrons. The summed E-state index contributed by atoms with van der Waals surface area (Å²) in [5, 5.41) is 3.27. The van der Waals surface area contributed by atoms with Gasteiger partial charge in [-0.25, -0.2) is 0 Å². The number of methoxy groups -OCH3 is 1. The van der Waals surface area contributed by atoms with E-state index < -0.39 is 0 Å². The third-order valence-electron chi connectivity index (χ3n) is 5.77. The summed E-state index contributed by atoms with van der Waals surface area (Å²) in [6.07, 6.45) is 2.05. The number of rotatable bonds is 7. The Bertz CT molecular complexity index is 787. The molecule has 0 bridgehead atoms. The van der Waals surface area contributed by atoms with Crippen molar-refractivity contribution in [2.45, 2.75) is 38.0 Å². The van der Waals surface area contributed by atoms with E-state index in [9.17, 15) is 4.79 Å². The van der Waals surface area contributed by atoms with Crippen LogP contribution in [0.4, 0.5) is 0 Å². The van der Waals surface area contributed by atoms with Crippen molar-refractivity contribution < 1.29 is 9.53 Å². The number of amides is 1. The molecule has 1 amide bonds. The molecule has 5 heteroatoms. The Hall–Kier alpha value is -2.37. The molecule has 2 aliphatic rings. The molecule has 5 nitrogen and oxygen atoms in total. The first-order chi connectivity index (χ1) is 13.7. The molecule has 148 valence electrons. The lowest BCUT2D eigenvalue weighted by Gasteiger charge is -2.32. The number of piperidine rings is 1. The molecule has 28 heavy (non-hydrogen) atoms. The Morgan fingerprint density at radius 2 is 1.75 bits per heavy atom. The second kappa shape index (κ2) is 8.76. The van der Waals surface area contributed by atoms with Crippen LogP contribution in [0.1, 0.15) is 24.0 Å². The number of ether oxygens (including phenoxy) is 1. The van der Waals surface area contributed by atoms with Crippen molar-refractivity contribution in [3.8, 4) is 5.75 Å². The van der Waals surface area contributed by atoms with Crippen LogP contribution in [0.3, 0.4) is 0 Å². The predicted molar refractivity (Wildman–Crippen MR) is 110 cm³/mol. The molecular formula is C23H29N3O2. The molecule has 4 rings (SSSR count). The van der Waals surface area contributed by atoms with Crippen LogP contribution >= 0.6 is 0 Å². The average molecular weight is 380 g/mol. The molecule has 2 aromatic rings. The Kier molecular flexibility index (Phi) is 5.93. The van der Waals surface area contributed by atoms with Crippen molar-refractivity contribution in [1.82, 2.24) is 15.1 Å². The van der Waals surface area contributed by atoms with Crippen molar-refractivity contribution >= 4 is 5.91 Å². The zero-order chi connectivity index (χ0) is 19.3. The van der Waals surface area contributed by atoms with Gasteiger partial charge in [0.2, 0.25) is 5.91 Å². The summed E-state index contributed by atoms with van der Waals surface area (Å²) < 4.78 is 5.41. The Balaban J connectivity index is 1.20. The lowest BCUT2D eigenvalue weighted by Crippen LogP contribution is -2.46. The number of para-hydroxylation sites is 1. The van der Waals surface area contributed by atoms with Crippen LogP contribution in [-0.2, 0) is 17.9 Å². The summed E-state index contributed by atoms with van der Waals surface area (Å²) in [7, 11) is 1.69. The first-order valence-electron chi connectivity index (χ1n) is 10.2. The molecule has 0 aromatic heterocycles. The maximum Gasteiger partial charge on any atom is 0.238 e. The van der Waals surface area contributed by atoms with Crippen LogP contribution in [0.15, 0.2) is 54.6 Å². The minimum atomic E-state index is 0.00672. The van der Waals surface area contributed by atoms with Crippen molar-refractivity contribution in [3.63, 3.8) is 0 Å². The lowest BCUT2D eigenvalue weighted by atomic mass is 10.0. The maximum absolute atomic E-state index is 12.6. The van der Waals surface area contributed by atoms with Gasteiger partial charge in [-0.15, -0.1) is 0 Å². The van der Waals surface area contributed by atoms with Gasteiger partial charge in [-0.2, -0.15) is 0 Å². The van der Waals surface area contributed by atoms with E-state index >= 15 is 0 Å². The monoisotopic (exact) mass is 379 g/mol. The number of benzene rings is 2. The summed E-state index contributed by atoms with van der Waals surface area (Å²) in [6.45, 7) is 4.66. The highest BCUT2D eigenvalue weighted by molar-refractivity contribution is 5.84. The minimum absolute atomic E-state index is 0.00672. The standard InChI is InChI=1S/C23H29N3O2/c1-28-22-10-6-5-9-19(22)16-26-17-21(26)23(27)24-20-11-13-25(14-12-20)15-18-7-3-2-4-8-18/h2-10,20-21H,11-17H2,1H3,(H,24,27). The predicted octanol–water partition coefficient (Wildman–Crippen LogP) is 2.66. The van der Waals surface area contributed by atoms with E-state index in [0.717, 1.165) is 56.9 Å². The normalized spacial score (nSPS) is 22.6. The lowest BCUT2D eigenvalue weighted by molar-refractivity contribution is -0.122. The van der Waals surface area contributed by atoms with Gasteiger partial charge in [0.1, 0.15) is 11.8 Å². The molecule has 2 atom stereocenters. The highest BCUT2D eigenvalue weighted by Crippen LogP contribution is 2.26. The van der Waals surface area contributed by atoms with E-state index in [-0.39, 0.29) is 11.9 Å². The van der Waals surface area contributed by atoms with E-state index in [0.29, 0.717) is 6.04 Å². The van der Waals surface area contributed by atoms with Crippen LogP contribution in [-0.4, -0.2) is 54.5 Å². The Morgan fingerprint density at radius 3 is 2.50 bits per heavy atom. The SMILES string of the molecule is COc1ccccc1CN1CC1C(=O)NC1CCN(Cc2ccccc2)CC1. The molecule has 2 fully saturated rings. The summed E-state index contributed by atoms with van der Waals surface area (Å²) in [5.74, 6) is 1.07. The van der Waals surface area contributed by atoms with Crippen LogP contribution in [0.2, 0.25) is 0 Å². The van der Waals surface area contributed by atoms with Crippen molar-refractivity contribution in [2.75, 3.05) is 26.7 Å². The molecule has 1 N–H and O–H groups in total. The summed E-state index contributed by atoms with van der Waals surface area (Å²) >= 11 is 0. The molecule has 0 saturated carbocycles. The fraction of sp³-hybridized carbons (Fsp3) is 0.435. The van der Waals surface area contributed by atoms with Crippen molar-refractivity contribution in [1.29, 1.82) is 0 Å². The third-order valence-corrected chi connectivity index (χ3v) is 5.77. The highest BCUT2D eigenvalue weighted by atomic mass is 16.5. The number of likely N-dealkylation sites (tertiary alicyclic amines) is 1. The first-order valence-corrected chi connectivity index (χ1v) is 10.2. The molecular weight excluding hydrogens is 350 g/mol. The maximum atomic E-state index is 12.6. The van der Waals surface area contributed by atoms with Gasteiger partial charge in [0.15, 0.2) is 0 Å². The quantitative estimate of drug-likeness (QED) is 0.752. The summed E-state index contributed by atoms with van der Waals surface area (Å²) in [6, 6.07) is 18.9. The van der Waals surface area contributed by atoms with E-state index in [2.05, 4.69) is 51.5 Å². The van der Waals surface area contributed by atoms with Gasteiger partial charge in [0.25, 0.3) is 0 Å². The third kappa shape index (κ3) is 4.72. The fourth-order valence-electron chi connectivity index (χ4n) is 4.03. The number of carbonyl (C=O) groups excluding carboxylic acids is 1. The topological polar surface area (TPSA) is 44.6 Å². The number of hydrogen-bond acceptors (Lipinski definition) is 4. The Morgan fingerprint density at radius 1 is 1.04 bits per heavy atom. The van der Waals surface area contributed by atoms with Gasteiger partial charge in [0, 0.05) is 44.3 Å². The van der Waals surface area contributed by atoms with Gasteiger partial charge in [0.05, 0.1) is 7.11 Å². The molecule has 0 spiro atoms. The Labute approximate surface area is 167 Å². The summed E-state index contributed by atoms with van der Waals surface area (Å²) in [5.41, 5.74) is 2.49.